The van der Waals surface area contributed by atoms with Crippen LogP contribution < -0.4 is 0 Å². The molecule has 1 N–H and O–H groups in total. The van der Waals surface area contributed by atoms with Crippen molar-refractivity contribution in [3.05, 3.63) is 48.0 Å². The van der Waals surface area contributed by atoms with Crippen LogP contribution in [0.3, 0.4) is 0 Å². The SMILES string of the molecule is O=C(O)/C=C\C(=O)OCCCCC(=O)OC(=O)CCc1ccccc1. The van der Waals surface area contributed by atoms with Crippen LogP contribution in [-0.4, -0.2) is 35.6 Å². The summed E-state index contributed by atoms with van der Waals surface area (Å²) < 4.78 is 9.44. The van der Waals surface area contributed by atoms with E-state index in [4.69, 9.17) is 14.6 Å². The topological polar surface area (TPSA) is 107 Å². The molecule has 134 valence electrons. The van der Waals surface area contributed by atoms with Gasteiger partial charge in [0.1, 0.15) is 0 Å². The van der Waals surface area contributed by atoms with Crippen LogP contribution in [0, 0.1) is 0 Å². The maximum Gasteiger partial charge on any atom is 0.331 e. The Morgan fingerprint density at radius 1 is 0.920 bits per heavy atom. The van der Waals surface area contributed by atoms with Gasteiger partial charge >= 0.3 is 23.9 Å². The molecule has 0 amide bonds. The summed E-state index contributed by atoms with van der Waals surface area (Å²) in [6, 6.07) is 9.40. The van der Waals surface area contributed by atoms with E-state index in [0.29, 0.717) is 25.3 Å². The Bertz CT molecular complexity index is 620. The number of carbonyl (C=O) groups is 4. The lowest BCUT2D eigenvalue weighted by Crippen LogP contribution is -2.13. The molecule has 1 aromatic rings. The van der Waals surface area contributed by atoms with Gasteiger partial charge in [0.05, 0.1) is 13.0 Å². The smallest absolute Gasteiger partial charge is 0.331 e. The Hall–Kier alpha value is -2.96. The van der Waals surface area contributed by atoms with Gasteiger partial charge in [-0.1, -0.05) is 30.3 Å². The molecule has 25 heavy (non-hydrogen) atoms. The fourth-order valence-corrected chi connectivity index (χ4v) is 1.85. The molecule has 0 aliphatic carbocycles. The summed E-state index contributed by atoms with van der Waals surface area (Å²) in [5, 5.41) is 8.33. The Morgan fingerprint density at radius 2 is 1.60 bits per heavy atom. The van der Waals surface area contributed by atoms with E-state index in [1.807, 2.05) is 30.3 Å². The first-order valence-electron chi connectivity index (χ1n) is 7.82. The first-order chi connectivity index (χ1) is 12.0. The van der Waals surface area contributed by atoms with E-state index in [-0.39, 0.29) is 19.4 Å². The Morgan fingerprint density at radius 3 is 2.28 bits per heavy atom. The summed E-state index contributed by atoms with van der Waals surface area (Å²) in [5.41, 5.74) is 0.991. The number of benzene rings is 1. The summed E-state index contributed by atoms with van der Waals surface area (Å²) in [5.74, 6) is -3.19. The molecule has 1 rings (SSSR count). The average Bonchev–Trinajstić information content (AvgIpc) is 2.58. The van der Waals surface area contributed by atoms with Crippen molar-refractivity contribution in [3.63, 3.8) is 0 Å². The lowest BCUT2D eigenvalue weighted by molar-refractivity contribution is -0.159. The van der Waals surface area contributed by atoms with E-state index in [1.165, 1.54) is 0 Å². The number of unbranched alkanes of at least 4 members (excludes halogenated alkanes) is 1. The molecule has 0 saturated heterocycles. The molecular formula is C18H20O7. The zero-order valence-corrected chi connectivity index (χ0v) is 13.7. The number of ether oxygens (including phenoxy) is 2. The van der Waals surface area contributed by atoms with Crippen molar-refractivity contribution in [2.24, 2.45) is 0 Å². The second-order valence-corrected chi connectivity index (χ2v) is 5.13. The molecule has 0 aromatic heterocycles. The predicted molar refractivity (Wildman–Crippen MR) is 87.4 cm³/mol. The molecule has 0 aliphatic rings. The molecule has 0 fully saturated rings. The number of hydrogen-bond donors (Lipinski definition) is 1. The first-order valence-corrected chi connectivity index (χ1v) is 7.82. The third-order valence-corrected chi connectivity index (χ3v) is 3.07. The molecule has 0 heterocycles. The fourth-order valence-electron chi connectivity index (χ4n) is 1.85. The fraction of sp³-hybridized carbons (Fsp3) is 0.333. The van der Waals surface area contributed by atoms with Crippen LogP contribution in [0.4, 0.5) is 0 Å². The van der Waals surface area contributed by atoms with Crippen molar-refractivity contribution in [2.75, 3.05) is 6.61 Å². The second-order valence-electron chi connectivity index (χ2n) is 5.13. The lowest BCUT2D eigenvalue weighted by Gasteiger charge is -2.04. The van der Waals surface area contributed by atoms with Gasteiger partial charge in [0.15, 0.2) is 0 Å². The number of esters is 3. The van der Waals surface area contributed by atoms with Crippen molar-refractivity contribution >= 4 is 23.9 Å². The van der Waals surface area contributed by atoms with Crippen molar-refractivity contribution in [3.8, 4) is 0 Å². The van der Waals surface area contributed by atoms with Gasteiger partial charge in [-0.2, -0.15) is 0 Å². The van der Waals surface area contributed by atoms with Crippen LogP contribution in [0.2, 0.25) is 0 Å². The van der Waals surface area contributed by atoms with Gasteiger partial charge in [0.25, 0.3) is 0 Å². The van der Waals surface area contributed by atoms with Crippen molar-refractivity contribution < 1.29 is 33.8 Å². The highest BCUT2D eigenvalue weighted by atomic mass is 16.6. The summed E-state index contributed by atoms with van der Waals surface area (Å²) >= 11 is 0. The maximum atomic E-state index is 11.6. The van der Waals surface area contributed by atoms with Crippen LogP contribution in [0.5, 0.6) is 0 Å². The zero-order valence-electron chi connectivity index (χ0n) is 13.7. The minimum atomic E-state index is -1.24. The van der Waals surface area contributed by atoms with E-state index in [9.17, 15) is 19.2 Å². The van der Waals surface area contributed by atoms with Gasteiger partial charge < -0.3 is 14.6 Å². The lowest BCUT2D eigenvalue weighted by atomic mass is 10.1. The normalized spacial score (nSPS) is 10.4. The number of carbonyl (C=O) groups excluding carboxylic acids is 3. The van der Waals surface area contributed by atoms with Crippen LogP contribution >= 0.6 is 0 Å². The van der Waals surface area contributed by atoms with Gasteiger partial charge in [-0.15, -0.1) is 0 Å². The van der Waals surface area contributed by atoms with E-state index in [0.717, 1.165) is 11.6 Å². The molecule has 0 aliphatic heterocycles. The number of hydrogen-bond acceptors (Lipinski definition) is 6. The third kappa shape index (κ3) is 10.4. The molecule has 0 saturated carbocycles. The van der Waals surface area contributed by atoms with Gasteiger partial charge in [0.2, 0.25) is 0 Å². The average molecular weight is 348 g/mol. The number of carboxylic acid groups (broad SMARTS) is 1. The zero-order chi connectivity index (χ0) is 18.5. The molecular weight excluding hydrogens is 328 g/mol. The van der Waals surface area contributed by atoms with E-state index in [2.05, 4.69) is 0 Å². The number of carboxylic acids is 1. The monoisotopic (exact) mass is 348 g/mol. The van der Waals surface area contributed by atoms with Gasteiger partial charge in [-0.25, -0.2) is 9.59 Å². The van der Waals surface area contributed by atoms with Crippen molar-refractivity contribution in [1.82, 2.24) is 0 Å². The highest BCUT2D eigenvalue weighted by Gasteiger charge is 2.10. The van der Waals surface area contributed by atoms with E-state index < -0.39 is 23.9 Å². The van der Waals surface area contributed by atoms with Crippen LogP contribution in [0.1, 0.15) is 31.2 Å². The third-order valence-electron chi connectivity index (χ3n) is 3.07. The molecule has 0 radical (unpaired) electrons. The molecule has 0 atom stereocenters. The summed E-state index contributed by atoms with van der Waals surface area (Å²) in [6.45, 7) is 0.0536. The first kappa shape index (κ1) is 20.1. The van der Waals surface area contributed by atoms with Gasteiger partial charge in [-0.3, -0.25) is 9.59 Å². The Balaban J connectivity index is 2.09. The standard InChI is InChI=1S/C18H20O7/c19-15(20)10-12-16(21)24-13-5-4-8-17(22)25-18(23)11-9-14-6-2-1-3-7-14/h1-3,6-7,10,12H,4-5,8-9,11,13H2,(H,19,20)/b12-10-. The molecule has 0 bridgehead atoms. The van der Waals surface area contributed by atoms with E-state index in [1.54, 1.807) is 0 Å². The molecule has 1 aromatic carbocycles. The molecule has 7 heteroatoms. The van der Waals surface area contributed by atoms with E-state index >= 15 is 0 Å². The van der Waals surface area contributed by atoms with Crippen molar-refractivity contribution in [2.45, 2.75) is 32.1 Å². The number of rotatable bonds is 10. The maximum absolute atomic E-state index is 11.6. The van der Waals surface area contributed by atoms with Gasteiger partial charge in [0, 0.05) is 18.6 Å². The largest absolute Gasteiger partial charge is 0.478 e. The highest BCUT2D eigenvalue weighted by molar-refractivity contribution is 5.90. The highest BCUT2D eigenvalue weighted by Crippen LogP contribution is 2.05. The quantitative estimate of drug-likeness (QED) is 0.298. The number of aryl methyl sites for hydroxylation is 1. The number of aliphatic carboxylic acids is 1. The molecule has 0 unspecified atom stereocenters. The Labute approximate surface area is 145 Å². The van der Waals surface area contributed by atoms with Crippen LogP contribution in [-0.2, 0) is 35.1 Å². The molecule has 0 spiro atoms. The second kappa shape index (κ2) is 11.6. The summed E-state index contributed by atoms with van der Waals surface area (Å²) in [4.78, 5) is 44.3. The van der Waals surface area contributed by atoms with Crippen molar-refractivity contribution in [1.29, 1.82) is 0 Å². The summed E-state index contributed by atoms with van der Waals surface area (Å²) in [6.07, 6.45) is 2.96. The van der Waals surface area contributed by atoms with Crippen LogP contribution in [0.25, 0.3) is 0 Å². The minimum Gasteiger partial charge on any atom is -0.478 e. The minimum absolute atomic E-state index is 0.0413. The Kier molecular flexibility index (Phi) is 9.28. The van der Waals surface area contributed by atoms with Crippen LogP contribution in [0.15, 0.2) is 42.5 Å². The van der Waals surface area contributed by atoms with Gasteiger partial charge in [-0.05, 0) is 24.8 Å². The predicted octanol–water partition coefficient (Wildman–Crippen LogP) is 2.04. The summed E-state index contributed by atoms with van der Waals surface area (Å²) in [7, 11) is 0. The molecule has 7 nitrogen and oxygen atoms in total.